The Morgan fingerprint density at radius 2 is 1.41 bits per heavy atom. The van der Waals surface area contributed by atoms with Gasteiger partial charge >= 0.3 is 0 Å². The van der Waals surface area contributed by atoms with Crippen LogP contribution in [0.3, 0.4) is 0 Å². The molecule has 0 spiro atoms. The molecule has 2 aliphatic rings. The van der Waals surface area contributed by atoms with Crippen molar-refractivity contribution in [1.82, 2.24) is 5.32 Å². The van der Waals surface area contributed by atoms with Gasteiger partial charge in [-0.2, -0.15) is 0 Å². The molecule has 2 unspecified atom stereocenters. The summed E-state index contributed by atoms with van der Waals surface area (Å²) >= 11 is 35.8. The van der Waals surface area contributed by atoms with Crippen LogP contribution in [0.15, 0.2) is 12.2 Å². The molecule has 0 aromatic rings. The van der Waals surface area contributed by atoms with E-state index in [9.17, 15) is 9.59 Å². The van der Waals surface area contributed by atoms with Gasteiger partial charge in [-0.15, -0.1) is 23.2 Å². The highest BCUT2D eigenvalue weighted by atomic mass is 35.5. The van der Waals surface area contributed by atoms with Crippen LogP contribution in [0.2, 0.25) is 0 Å². The zero-order valence-electron chi connectivity index (χ0n) is 7.74. The summed E-state index contributed by atoms with van der Waals surface area (Å²) in [5, 5.41) is 1.95. The zero-order valence-corrected chi connectivity index (χ0v) is 12.3. The summed E-state index contributed by atoms with van der Waals surface area (Å²) in [4.78, 5) is 19.3. The first-order chi connectivity index (χ1) is 7.51. The van der Waals surface area contributed by atoms with Crippen LogP contribution in [0.1, 0.15) is 0 Å². The molecule has 0 radical (unpaired) electrons. The lowest BCUT2D eigenvalue weighted by molar-refractivity contribution is -0.125. The van der Waals surface area contributed by atoms with Crippen LogP contribution in [0.25, 0.3) is 0 Å². The maximum absolute atomic E-state index is 11.8. The second-order valence-electron chi connectivity index (χ2n) is 3.68. The van der Waals surface area contributed by atoms with E-state index in [1.807, 2.05) is 5.32 Å². The van der Waals surface area contributed by atoms with Crippen molar-refractivity contribution in [1.29, 1.82) is 0 Å². The first kappa shape index (κ1) is 14.0. The summed E-state index contributed by atoms with van der Waals surface area (Å²) in [5.74, 6) is -1.77. The van der Waals surface area contributed by atoms with Crippen molar-refractivity contribution in [3.05, 3.63) is 12.2 Å². The second-order valence-corrected chi connectivity index (χ2v) is 7.56. The summed E-state index contributed by atoms with van der Waals surface area (Å²) < 4.78 is -4.05. The third-order valence-corrected chi connectivity index (χ3v) is 6.74. The Hall–Kier alpha value is 0.620. The fraction of sp³-hybridized carbons (Fsp3) is 0.500. The quantitative estimate of drug-likeness (QED) is 0.411. The molecule has 2 atom stereocenters. The minimum Gasteiger partial charge on any atom is -0.293 e. The van der Waals surface area contributed by atoms with E-state index in [1.54, 1.807) is 0 Å². The van der Waals surface area contributed by atoms with Gasteiger partial charge in [0.05, 0.1) is 0 Å². The van der Waals surface area contributed by atoms with Crippen molar-refractivity contribution in [3.8, 4) is 0 Å². The van der Waals surface area contributed by atoms with Crippen molar-refractivity contribution in [2.24, 2.45) is 0 Å². The van der Waals surface area contributed by atoms with E-state index in [0.29, 0.717) is 0 Å². The van der Waals surface area contributed by atoms with Gasteiger partial charge in [0.2, 0.25) is 0 Å². The Labute approximate surface area is 126 Å². The highest BCUT2D eigenvalue weighted by Crippen LogP contribution is 2.63. The third-order valence-electron chi connectivity index (χ3n) is 2.75. The molecule has 1 heterocycles. The molecule has 0 aromatic heterocycles. The van der Waals surface area contributed by atoms with E-state index in [0.717, 1.165) is 12.2 Å². The number of rotatable bonds is 0. The summed E-state index contributed by atoms with van der Waals surface area (Å²) in [6.07, 6.45) is 2.24. The molecule has 9 heteroatoms. The van der Waals surface area contributed by atoms with Gasteiger partial charge in [-0.25, -0.2) is 0 Å². The summed E-state index contributed by atoms with van der Waals surface area (Å²) in [7, 11) is 0. The number of carbonyl (C=O) groups is 2. The van der Waals surface area contributed by atoms with E-state index in [1.165, 1.54) is 0 Å². The van der Waals surface area contributed by atoms with E-state index in [-0.39, 0.29) is 0 Å². The average Bonchev–Trinajstić information content (AvgIpc) is 2.38. The van der Waals surface area contributed by atoms with Crippen molar-refractivity contribution in [3.63, 3.8) is 0 Å². The van der Waals surface area contributed by atoms with Gasteiger partial charge in [0.15, 0.2) is 18.4 Å². The molecule has 17 heavy (non-hydrogen) atoms. The number of nitrogens with one attached hydrogen (secondary N) is 1. The SMILES string of the molecule is O=C1NC(=O)C2(Cl)C1(Cl)C=CC(Cl)(Cl)C2(Cl)Cl. The molecule has 0 aromatic carbocycles. The van der Waals surface area contributed by atoms with Gasteiger partial charge < -0.3 is 0 Å². The Morgan fingerprint density at radius 1 is 0.882 bits per heavy atom. The Morgan fingerprint density at radius 3 is 1.94 bits per heavy atom. The highest BCUT2D eigenvalue weighted by molar-refractivity contribution is 6.71. The number of amides is 2. The summed E-state index contributed by atoms with van der Waals surface area (Å²) in [6, 6.07) is 0. The van der Waals surface area contributed by atoms with Crippen LogP contribution in [0, 0.1) is 0 Å². The predicted octanol–water partition coefficient (Wildman–Crippen LogP) is 2.52. The number of halogens is 6. The number of alkyl halides is 6. The molecule has 3 nitrogen and oxygen atoms in total. The molecule has 2 rings (SSSR count). The van der Waals surface area contributed by atoms with Gasteiger partial charge in [0.1, 0.15) is 0 Å². The predicted molar refractivity (Wildman–Crippen MR) is 68.3 cm³/mol. The first-order valence-corrected chi connectivity index (χ1v) is 6.47. The standard InChI is InChI=1S/C8H3Cl6NO2/c9-5-1-2-6(10,11)8(13,14)7(5,12)4(17)15-3(5)16/h1-2H,(H,15,16,17). The van der Waals surface area contributed by atoms with Crippen LogP contribution in [0.4, 0.5) is 0 Å². The second kappa shape index (κ2) is 3.59. The molecule has 1 fully saturated rings. The number of carbonyl (C=O) groups excluding carboxylic acids is 2. The molecule has 0 bridgehead atoms. The lowest BCUT2D eigenvalue weighted by Crippen LogP contribution is -2.66. The van der Waals surface area contributed by atoms with Gasteiger partial charge in [0.25, 0.3) is 11.8 Å². The summed E-state index contributed by atoms with van der Waals surface area (Å²) in [5.41, 5.74) is 0. The van der Waals surface area contributed by atoms with Crippen molar-refractivity contribution >= 4 is 81.4 Å². The zero-order chi connectivity index (χ0) is 13.3. The molecular weight excluding hydrogens is 355 g/mol. The Balaban J connectivity index is 2.77. The minimum atomic E-state index is -2.19. The fourth-order valence-electron chi connectivity index (χ4n) is 1.72. The molecule has 1 aliphatic heterocycles. The van der Waals surface area contributed by atoms with Crippen LogP contribution in [-0.4, -0.2) is 30.2 Å². The highest BCUT2D eigenvalue weighted by Gasteiger charge is 2.79. The van der Waals surface area contributed by atoms with Crippen molar-refractivity contribution in [2.45, 2.75) is 18.4 Å². The van der Waals surface area contributed by atoms with Gasteiger partial charge in [-0.3, -0.25) is 14.9 Å². The lowest BCUT2D eigenvalue weighted by Gasteiger charge is -2.47. The monoisotopic (exact) mass is 355 g/mol. The maximum Gasteiger partial charge on any atom is 0.254 e. The molecule has 1 N–H and O–H groups in total. The lowest BCUT2D eigenvalue weighted by atomic mass is 9.82. The summed E-state index contributed by atoms with van der Waals surface area (Å²) in [6.45, 7) is 0. The molecule has 1 aliphatic carbocycles. The first-order valence-electron chi connectivity index (χ1n) is 4.20. The van der Waals surface area contributed by atoms with Gasteiger partial charge in [-0.1, -0.05) is 52.5 Å². The van der Waals surface area contributed by atoms with Gasteiger partial charge in [-0.05, 0) is 6.08 Å². The van der Waals surface area contributed by atoms with Crippen LogP contribution in [-0.2, 0) is 9.59 Å². The van der Waals surface area contributed by atoms with Crippen LogP contribution >= 0.6 is 69.6 Å². The van der Waals surface area contributed by atoms with E-state index >= 15 is 0 Å². The topological polar surface area (TPSA) is 46.2 Å². The van der Waals surface area contributed by atoms with Crippen molar-refractivity contribution < 1.29 is 9.59 Å². The van der Waals surface area contributed by atoms with Gasteiger partial charge in [0, 0.05) is 0 Å². The molecule has 1 saturated heterocycles. The minimum absolute atomic E-state index is 0.829. The van der Waals surface area contributed by atoms with E-state index < -0.39 is 30.2 Å². The van der Waals surface area contributed by atoms with E-state index in [2.05, 4.69) is 0 Å². The van der Waals surface area contributed by atoms with Crippen LogP contribution in [0.5, 0.6) is 0 Å². The van der Waals surface area contributed by atoms with Crippen molar-refractivity contribution in [2.75, 3.05) is 0 Å². The third kappa shape index (κ3) is 1.39. The molecule has 2 amide bonds. The smallest absolute Gasteiger partial charge is 0.254 e. The van der Waals surface area contributed by atoms with E-state index in [4.69, 9.17) is 69.6 Å². The Bertz CT molecular complexity index is 461. The molecule has 0 saturated carbocycles. The normalized spacial score (nSPS) is 42.2. The maximum atomic E-state index is 11.8. The number of allylic oxidation sites excluding steroid dienone is 1. The number of fused-ring (bicyclic) bond motifs is 1. The Kier molecular flexibility index (Phi) is 2.96. The number of imide groups is 1. The number of hydrogen-bond acceptors (Lipinski definition) is 2. The molecular formula is C8H3Cl6NO2. The van der Waals surface area contributed by atoms with Crippen LogP contribution < -0.4 is 5.32 Å². The fourth-order valence-corrected chi connectivity index (χ4v) is 3.60. The average molecular weight is 358 g/mol. The molecule has 94 valence electrons. The number of hydrogen-bond donors (Lipinski definition) is 1. The largest absolute Gasteiger partial charge is 0.293 e.